The first-order valence-electron chi connectivity index (χ1n) is 7.04. The first kappa shape index (κ1) is 16.2. The summed E-state index contributed by atoms with van der Waals surface area (Å²) in [5, 5.41) is 0. The number of rotatable bonds is 5. The van der Waals surface area contributed by atoms with Crippen molar-refractivity contribution in [1.82, 2.24) is 4.90 Å². The molecule has 112 valence electrons. The van der Waals surface area contributed by atoms with Crippen LogP contribution in [0.3, 0.4) is 0 Å². The van der Waals surface area contributed by atoms with Gasteiger partial charge >= 0.3 is 6.09 Å². The normalized spacial score (nSPS) is 21.5. The van der Waals surface area contributed by atoms with Gasteiger partial charge in [0.1, 0.15) is 5.60 Å². The van der Waals surface area contributed by atoms with Crippen molar-refractivity contribution in [2.45, 2.75) is 39.2 Å². The summed E-state index contributed by atoms with van der Waals surface area (Å²) < 4.78 is 10.7. The van der Waals surface area contributed by atoms with E-state index in [4.69, 9.17) is 15.2 Å². The minimum atomic E-state index is -0.432. The third kappa shape index (κ3) is 5.37. The molecule has 1 aliphatic rings. The number of methoxy groups -OCH3 is 1. The van der Waals surface area contributed by atoms with E-state index in [9.17, 15) is 4.79 Å². The highest BCUT2D eigenvalue weighted by Gasteiger charge is 2.33. The van der Waals surface area contributed by atoms with E-state index in [1.54, 1.807) is 12.0 Å². The van der Waals surface area contributed by atoms with Crippen LogP contribution in [0, 0.1) is 11.8 Å². The first-order valence-corrected chi connectivity index (χ1v) is 7.04. The van der Waals surface area contributed by atoms with Gasteiger partial charge in [0.15, 0.2) is 0 Å². The molecule has 5 heteroatoms. The molecular formula is C14H28N2O3. The molecule has 1 amide bonds. The molecule has 1 aliphatic heterocycles. The summed E-state index contributed by atoms with van der Waals surface area (Å²) in [6.45, 7) is 8.57. The summed E-state index contributed by atoms with van der Waals surface area (Å²) in [4.78, 5) is 13.8. The molecule has 19 heavy (non-hydrogen) atoms. The van der Waals surface area contributed by atoms with Crippen LogP contribution in [0.25, 0.3) is 0 Å². The summed E-state index contributed by atoms with van der Waals surface area (Å²) in [6, 6.07) is 0. The van der Waals surface area contributed by atoms with Crippen LogP contribution in [0.2, 0.25) is 0 Å². The van der Waals surface area contributed by atoms with Crippen molar-refractivity contribution < 1.29 is 14.3 Å². The number of nitrogens with zero attached hydrogens (tertiary/aromatic N) is 1. The molecular weight excluding hydrogens is 244 g/mol. The minimum absolute atomic E-state index is 0.209. The zero-order chi connectivity index (χ0) is 14.5. The highest BCUT2D eigenvalue weighted by molar-refractivity contribution is 5.68. The summed E-state index contributed by atoms with van der Waals surface area (Å²) in [6.07, 6.45) is 1.74. The van der Waals surface area contributed by atoms with Gasteiger partial charge in [-0.05, 0) is 52.0 Å². The number of hydrogen-bond donors (Lipinski definition) is 1. The number of hydrogen-bond acceptors (Lipinski definition) is 4. The van der Waals surface area contributed by atoms with Crippen molar-refractivity contribution >= 4 is 6.09 Å². The summed E-state index contributed by atoms with van der Waals surface area (Å²) in [5.41, 5.74) is 5.21. The molecule has 2 atom stereocenters. The van der Waals surface area contributed by atoms with E-state index >= 15 is 0 Å². The molecule has 0 aromatic heterocycles. The van der Waals surface area contributed by atoms with Crippen molar-refractivity contribution in [3.63, 3.8) is 0 Å². The maximum absolute atomic E-state index is 12.0. The fourth-order valence-corrected chi connectivity index (χ4v) is 2.55. The first-order chi connectivity index (χ1) is 8.87. The third-order valence-corrected chi connectivity index (χ3v) is 3.46. The van der Waals surface area contributed by atoms with E-state index in [2.05, 4.69) is 0 Å². The number of likely N-dealkylation sites (tertiary alicyclic amines) is 1. The molecule has 0 aliphatic carbocycles. The molecule has 1 rings (SSSR count). The minimum Gasteiger partial charge on any atom is -0.444 e. The van der Waals surface area contributed by atoms with Crippen LogP contribution in [0.1, 0.15) is 33.6 Å². The number of carbonyl (C=O) groups is 1. The van der Waals surface area contributed by atoms with E-state index in [-0.39, 0.29) is 6.09 Å². The average Bonchev–Trinajstić information content (AvgIpc) is 2.75. The zero-order valence-electron chi connectivity index (χ0n) is 12.6. The Balaban J connectivity index is 2.49. The van der Waals surface area contributed by atoms with Gasteiger partial charge in [-0.3, -0.25) is 0 Å². The van der Waals surface area contributed by atoms with Gasteiger partial charge < -0.3 is 20.1 Å². The van der Waals surface area contributed by atoms with Crippen LogP contribution in [0.15, 0.2) is 0 Å². The number of amides is 1. The number of ether oxygens (including phenoxy) is 2. The second-order valence-electron chi connectivity index (χ2n) is 6.27. The SMILES string of the molecule is COCC(CCN)C1CCN(C(=O)OC(C)(C)C)C1. The molecule has 1 saturated heterocycles. The number of carbonyl (C=O) groups excluding carboxylic acids is 1. The summed E-state index contributed by atoms with van der Waals surface area (Å²) in [5.74, 6) is 0.901. The molecule has 0 aromatic rings. The molecule has 0 bridgehead atoms. The third-order valence-electron chi connectivity index (χ3n) is 3.46. The van der Waals surface area contributed by atoms with Gasteiger partial charge in [-0.15, -0.1) is 0 Å². The molecule has 2 unspecified atom stereocenters. The highest BCUT2D eigenvalue weighted by atomic mass is 16.6. The predicted molar refractivity (Wildman–Crippen MR) is 75.0 cm³/mol. The Bertz CT molecular complexity index is 283. The molecule has 0 saturated carbocycles. The lowest BCUT2D eigenvalue weighted by Crippen LogP contribution is -2.36. The van der Waals surface area contributed by atoms with Gasteiger partial charge in [0.2, 0.25) is 0 Å². The Morgan fingerprint density at radius 2 is 2.16 bits per heavy atom. The average molecular weight is 272 g/mol. The van der Waals surface area contributed by atoms with Gasteiger partial charge in [-0.25, -0.2) is 4.79 Å². The van der Waals surface area contributed by atoms with Crippen molar-refractivity contribution in [3.8, 4) is 0 Å². The molecule has 0 spiro atoms. The predicted octanol–water partition coefficient (Wildman–Crippen LogP) is 1.85. The van der Waals surface area contributed by atoms with Gasteiger partial charge in [0.25, 0.3) is 0 Å². The number of nitrogens with two attached hydrogens (primary N) is 1. The Morgan fingerprint density at radius 3 is 2.68 bits per heavy atom. The molecule has 0 aromatic carbocycles. The van der Waals surface area contributed by atoms with E-state index in [1.807, 2.05) is 20.8 Å². The van der Waals surface area contributed by atoms with Gasteiger partial charge in [-0.2, -0.15) is 0 Å². The fourth-order valence-electron chi connectivity index (χ4n) is 2.55. The van der Waals surface area contributed by atoms with Crippen molar-refractivity contribution in [2.75, 3.05) is 33.4 Å². The Morgan fingerprint density at radius 1 is 1.47 bits per heavy atom. The zero-order valence-corrected chi connectivity index (χ0v) is 12.6. The Labute approximate surface area is 116 Å². The second kappa shape index (κ2) is 7.10. The van der Waals surface area contributed by atoms with Crippen molar-refractivity contribution in [1.29, 1.82) is 0 Å². The summed E-state index contributed by atoms with van der Waals surface area (Å²) >= 11 is 0. The monoisotopic (exact) mass is 272 g/mol. The Kier molecular flexibility index (Phi) is 6.07. The van der Waals surface area contributed by atoms with Crippen molar-refractivity contribution in [3.05, 3.63) is 0 Å². The Hall–Kier alpha value is -0.810. The van der Waals surface area contributed by atoms with E-state index in [0.29, 0.717) is 25.0 Å². The van der Waals surface area contributed by atoms with Gasteiger partial charge in [-0.1, -0.05) is 0 Å². The lowest BCUT2D eigenvalue weighted by molar-refractivity contribution is 0.0275. The molecule has 2 N–H and O–H groups in total. The van der Waals surface area contributed by atoms with Crippen LogP contribution in [-0.2, 0) is 9.47 Å². The van der Waals surface area contributed by atoms with E-state index in [1.165, 1.54) is 0 Å². The van der Waals surface area contributed by atoms with Crippen LogP contribution in [0.5, 0.6) is 0 Å². The van der Waals surface area contributed by atoms with Crippen molar-refractivity contribution in [2.24, 2.45) is 17.6 Å². The summed E-state index contributed by atoms with van der Waals surface area (Å²) in [7, 11) is 1.71. The standard InChI is InChI=1S/C14H28N2O3/c1-14(2,3)19-13(17)16-8-6-11(9-16)12(5-7-15)10-18-4/h11-12H,5-10,15H2,1-4H3. The lowest BCUT2D eigenvalue weighted by Gasteiger charge is -2.26. The molecule has 1 heterocycles. The van der Waals surface area contributed by atoms with Gasteiger partial charge in [0.05, 0.1) is 0 Å². The smallest absolute Gasteiger partial charge is 0.410 e. The lowest BCUT2D eigenvalue weighted by atomic mass is 9.89. The quantitative estimate of drug-likeness (QED) is 0.829. The molecule has 0 radical (unpaired) electrons. The maximum atomic E-state index is 12.0. The topological polar surface area (TPSA) is 64.8 Å². The van der Waals surface area contributed by atoms with Crippen LogP contribution in [-0.4, -0.2) is 49.9 Å². The largest absolute Gasteiger partial charge is 0.444 e. The van der Waals surface area contributed by atoms with E-state index < -0.39 is 5.60 Å². The fraction of sp³-hybridized carbons (Fsp3) is 0.929. The molecule has 5 nitrogen and oxygen atoms in total. The molecule has 1 fully saturated rings. The maximum Gasteiger partial charge on any atom is 0.410 e. The van der Waals surface area contributed by atoms with Gasteiger partial charge in [0, 0.05) is 26.8 Å². The van der Waals surface area contributed by atoms with Crippen LogP contribution >= 0.6 is 0 Å². The highest BCUT2D eigenvalue weighted by Crippen LogP contribution is 2.27. The van der Waals surface area contributed by atoms with E-state index in [0.717, 1.165) is 25.9 Å². The van der Waals surface area contributed by atoms with Crippen LogP contribution in [0.4, 0.5) is 4.79 Å². The van der Waals surface area contributed by atoms with Crippen LogP contribution < -0.4 is 5.73 Å². The second-order valence-corrected chi connectivity index (χ2v) is 6.27.